The molecule has 6 unspecified atom stereocenters. The number of carbonyl (C=O) groups excluding carboxylic acids is 2. The van der Waals surface area contributed by atoms with Crippen LogP contribution in [0.2, 0.25) is 0 Å². The number of hydrogen-bond donors (Lipinski definition) is 7. The fourth-order valence-corrected chi connectivity index (χ4v) is 6.56. The molecule has 12 heteroatoms. The highest BCUT2D eigenvalue weighted by Gasteiger charge is 2.27. The zero-order valence-corrected chi connectivity index (χ0v) is 35.5. The smallest absolute Gasteiger partial charge is 0.338 e. The molecule has 0 aromatic heterocycles. The molecule has 314 valence electrons. The van der Waals surface area contributed by atoms with Gasteiger partial charge in [0.05, 0.1) is 18.8 Å². The van der Waals surface area contributed by atoms with Crippen molar-refractivity contribution in [2.75, 3.05) is 36.3 Å². The molecule has 0 spiro atoms. The van der Waals surface area contributed by atoms with E-state index in [2.05, 4.69) is 64.9 Å². The second kappa shape index (κ2) is 23.3. The summed E-state index contributed by atoms with van der Waals surface area (Å²) in [7, 11) is 1.68. The molecule has 12 nitrogen and oxygen atoms in total. The maximum atomic E-state index is 12.8. The Bertz CT molecular complexity index is 1620. The molecule has 3 aromatic carbocycles. The lowest BCUT2D eigenvalue weighted by molar-refractivity contribution is -0.137. The molecule has 1 saturated heterocycles. The van der Waals surface area contributed by atoms with Gasteiger partial charge in [-0.3, -0.25) is 20.7 Å². The Balaban J connectivity index is 1.43. The van der Waals surface area contributed by atoms with Crippen LogP contribution in [0.4, 0.5) is 17.1 Å². The second-order valence-corrected chi connectivity index (χ2v) is 16.0. The zero-order valence-electron chi connectivity index (χ0n) is 35.5. The van der Waals surface area contributed by atoms with Crippen molar-refractivity contribution in [1.82, 2.24) is 21.3 Å². The van der Waals surface area contributed by atoms with Crippen LogP contribution in [0, 0.1) is 11.8 Å². The van der Waals surface area contributed by atoms with Crippen molar-refractivity contribution in [3.8, 4) is 0 Å². The summed E-state index contributed by atoms with van der Waals surface area (Å²) in [6, 6.07) is 22.8. The lowest BCUT2D eigenvalue weighted by Crippen LogP contribution is -2.73. The van der Waals surface area contributed by atoms with E-state index in [0.29, 0.717) is 36.2 Å². The van der Waals surface area contributed by atoms with E-state index >= 15 is 0 Å². The van der Waals surface area contributed by atoms with Crippen LogP contribution in [0.25, 0.3) is 0 Å². The van der Waals surface area contributed by atoms with Gasteiger partial charge < -0.3 is 35.5 Å². The Morgan fingerprint density at radius 2 is 1.09 bits per heavy atom. The van der Waals surface area contributed by atoms with Crippen molar-refractivity contribution >= 4 is 28.9 Å². The van der Waals surface area contributed by atoms with Crippen molar-refractivity contribution in [2.24, 2.45) is 11.8 Å². The number of methoxy groups -OCH3 is 1. The van der Waals surface area contributed by atoms with E-state index in [9.17, 15) is 9.59 Å². The summed E-state index contributed by atoms with van der Waals surface area (Å²) in [5.74, 6) is 0.469. The molecule has 0 saturated carbocycles. The number of nitrogens with one attached hydrogen (secondary N) is 7. The normalized spacial score (nSPS) is 18.6. The number of carbonyl (C=O) groups is 2. The fourth-order valence-electron chi connectivity index (χ4n) is 6.56. The maximum absolute atomic E-state index is 12.8. The van der Waals surface area contributed by atoms with Gasteiger partial charge in [-0.15, -0.1) is 0 Å². The average molecular weight is 788 g/mol. The minimum absolute atomic E-state index is 0.122. The first-order chi connectivity index (χ1) is 27.4. The van der Waals surface area contributed by atoms with Crippen molar-refractivity contribution in [3.63, 3.8) is 0 Å². The molecule has 57 heavy (non-hydrogen) atoms. The summed E-state index contributed by atoms with van der Waals surface area (Å²) in [6.45, 7) is 15.7. The summed E-state index contributed by atoms with van der Waals surface area (Å²) in [6.07, 6.45) is 7.35. The van der Waals surface area contributed by atoms with Crippen LogP contribution in [-0.4, -0.2) is 56.6 Å². The summed E-state index contributed by atoms with van der Waals surface area (Å²) < 4.78 is 17.6. The summed E-state index contributed by atoms with van der Waals surface area (Å²) in [4.78, 5) is 25.6. The molecule has 1 heterocycles. The number of esters is 1. The predicted octanol–water partition coefficient (Wildman–Crippen LogP) is 8.74. The molecule has 7 N–H and O–H groups in total. The van der Waals surface area contributed by atoms with Crippen molar-refractivity contribution in [1.29, 1.82) is 0 Å². The van der Waals surface area contributed by atoms with Crippen LogP contribution >= 0.6 is 0 Å². The van der Waals surface area contributed by atoms with Gasteiger partial charge in [0.25, 0.3) is 5.91 Å². The highest BCUT2D eigenvalue weighted by Crippen LogP contribution is 2.24. The van der Waals surface area contributed by atoms with Crippen molar-refractivity contribution in [2.45, 2.75) is 131 Å². The molecule has 6 atom stereocenters. The van der Waals surface area contributed by atoms with Crippen molar-refractivity contribution in [3.05, 3.63) is 89.5 Å². The van der Waals surface area contributed by atoms with E-state index in [0.717, 1.165) is 61.2 Å². The minimum atomic E-state index is -0.440. The SMILES string of the molecule is CCCCC(CC)COC(=O)c1ccc(NC2NC(Nc3ccc(C(=O)NC(C)(C)C)cc3)NC(Nc3ccc(C(OC)OCC(CC)CCCC)cc3)N2)cc1. The van der Waals surface area contributed by atoms with Gasteiger partial charge in [-0.05, 0) is 106 Å². The molecule has 3 aromatic rings. The summed E-state index contributed by atoms with van der Waals surface area (Å²) >= 11 is 0. The number of unbranched alkanes of at least 4 members (excludes halogenated alkanes) is 2. The third kappa shape index (κ3) is 15.6. The summed E-state index contributed by atoms with van der Waals surface area (Å²) in [5.41, 5.74) is 4.25. The largest absolute Gasteiger partial charge is 0.462 e. The van der Waals surface area contributed by atoms with Crippen LogP contribution in [0.3, 0.4) is 0 Å². The van der Waals surface area contributed by atoms with Crippen LogP contribution in [-0.2, 0) is 14.2 Å². The first-order valence-corrected chi connectivity index (χ1v) is 20.9. The number of anilines is 3. The average Bonchev–Trinajstić information content (AvgIpc) is 3.19. The third-order valence-electron chi connectivity index (χ3n) is 10.1. The number of hydrogen-bond acceptors (Lipinski definition) is 11. The highest BCUT2D eigenvalue weighted by molar-refractivity contribution is 5.95. The molecule has 1 aliphatic rings. The molecule has 1 fully saturated rings. The number of rotatable bonds is 23. The van der Waals surface area contributed by atoms with Gasteiger partial charge in [-0.2, -0.15) is 0 Å². The molecule has 0 aliphatic carbocycles. The standard InChI is InChI=1S/C45H69N7O5/c1-9-13-15-31(11-3)29-56-40(54)34-19-25-37(26-20-34)47-43-49-42(46-36-23-17-33(18-24-36)39(53)52-45(5,6)7)50-44(51-43)48-38-27-21-35(22-28-38)41(55-8)57-30-32(12-4)16-14-10-2/h17-28,31-32,41-44,46-51H,9-16,29-30H2,1-8H3,(H,52,53). The van der Waals surface area contributed by atoms with Gasteiger partial charge in [-0.25, -0.2) is 4.79 Å². The Morgan fingerprint density at radius 1 is 0.649 bits per heavy atom. The van der Waals surface area contributed by atoms with E-state index in [1.807, 2.05) is 81.4 Å². The minimum Gasteiger partial charge on any atom is -0.462 e. The molecule has 0 bridgehead atoms. The van der Waals surface area contributed by atoms with Crippen LogP contribution < -0.4 is 37.2 Å². The van der Waals surface area contributed by atoms with Gasteiger partial charge in [-0.1, -0.05) is 78.4 Å². The monoisotopic (exact) mass is 788 g/mol. The molecule has 1 aliphatic heterocycles. The Hall–Kier alpha value is -4.20. The number of ether oxygens (including phenoxy) is 3. The first-order valence-electron chi connectivity index (χ1n) is 20.9. The van der Waals surface area contributed by atoms with E-state index < -0.39 is 18.9 Å². The second-order valence-electron chi connectivity index (χ2n) is 16.0. The van der Waals surface area contributed by atoms with Crippen LogP contribution in [0.1, 0.15) is 132 Å². The zero-order chi connectivity index (χ0) is 41.2. The van der Waals surface area contributed by atoms with Crippen LogP contribution in [0.5, 0.6) is 0 Å². The lowest BCUT2D eigenvalue weighted by atomic mass is 10.0. The predicted molar refractivity (Wildman–Crippen MR) is 231 cm³/mol. The topological polar surface area (TPSA) is 146 Å². The molecular weight excluding hydrogens is 719 g/mol. The van der Waals surface area contributed by atoms with Gasteiger partial charge in [0.15, 0.2) is 6.29 Å². The maximum Gasteiger partial charge on any atom is 0.338 e. The molecule has 0 radical (unpaired) electrons. The number of amides is 1. The molecule has 1 amide bonds. The van der Waals surface area contributed by atoms with Crippen molar-refractivity contribution < 1.29 is 23.8 Å². The van der Waals surface area contributed by atoms with Gasteiger partial charge >= 0.3 is 5.97 Å². The van der Waals surface area contributed by atoms with E-state index in [4.69, 9.17) is 14.2 Å². The third-order valence-corrected chi connectivity index (χ3v) is 10.1. The van der Waals surface area contributed by atoms with Gasteiger partial charge in [0.1, 0.15) is 18.9 Å². The fraction of sp³-hybridized carbons (Fsp3) is 0.556. The van der Waals surface area contributed by atoms with Gasteiger partial charge in [0, 0.05) is 40.8 Å². The van der Waals surface area contributed by atoms with E-state index in [1.165, 1.54) is 12.8 Å². The highest BCUT2D eigenvalue weighted by atomic mass is 16.7. The Morgan fingerprint density at radius 3 is 1.51 bits per heavy atom. The summed E-state index contributed by atoms with van der Waals surface area (Å²) in [5, 5.41) is 24.1. The van der Waals surface area contributed by atoms with E-state index in [-0.39, 0.29) is 23.7 Å². The Labute approximate surface area is 341 Å². The van der Waals surface area contributed by atoms with Gasteiger partial charge in [0.2, 0.25) is 0 Å². The van der Waals surface area contributed by atoms with Crippen LogP contribution in [0.15, 0.2) is 72.8 Å². The lowest BCUT2D eigenvalue weighted by Gasteiger charge is -2.40. The Kier molecular flexibility index (Phi) is 18.6. The quantitative estimate of drug-likeness (QED) is 0.0366. The molecule has 4 rings (SSSR count). The van der Waals surface area contributed by atoms with E-state index in [1.54, 1.807) is 19.2 Å². The number of benzene rings is 3. The molecular formula is C45H69N7O5. The first kappa shape index (κ1) is 45.5.